The number of ether oxygens (including phenoxy) is 1. The molecular formula is C24H19F2N3O2. The molecule has 0 amide bonds. The number of nitrogens with zero attached hydrogens (tertiary/aromatic N) is 3. The Balaban J connectivity index is 1.70. The van der Waals surface area contributed by atoms with Gasteiger partial charge in [-0.1, -0.05) is 30.3 Å². The van der Waals surface area contributed by atoms with E-state index in [1.54, 1.807) is 19.3 Å². The minimum Gasteiger partial charge on any atom is -0.421 e. The van der Waals surface area contributed by atoms with Gasteiger partial charge in [0.25, 0.3) is 0 Å². The second-order valence-electron chi connectivity index (χ2n) is 7.06. The average molecular weight is 419 g/mol. The van der Waals surface area contributed by atoms with Gasteiger partial charge in [-0.15, -0.1) is 0 Å². The minimum atomic E-state index is -0.845. The molecule has 0 spiro atoms. The molecule has 0 saturated carbocycles. The summed E-state index contributed by atoms with van der Waals surface area (Å²) in [5, 5.41) is 0. The Morgan fingerprint density at radius 2 is 1.74 bits per heavy atom. The van der Waals surface area contributed by atoms with Gasteiger partial charge in [0.15, 0.2) is 11.6 Å². The number of rotatable bonds is 6. The van der Waals surface area contributed by atoms with Crippen LogP contribution in [0.4, 0.5) is 8.78 Å². The van der Waals surface area contributed by atoms with Crippen LogP contribution in [0.15, 0.2) is 77.7 Å². The van der Waals surface area contributed by atoms with Crippen molar-refractivity contribution in [3.8, 4) is 23.0 Å². The first-order chi connectivity index (χ1) is 15.0. The molecule has 2 aromatic heterocycles. The van der Waals surface area contributed by atoms with E-state index in [2.05, 4.69) is 9.97 Å². The van der Waals surface area contributed by atoms with Gasteiger partial charge in [0, 0.05) is 36.6 Å². The molecule has 0 N–H and O–H groups in total. The van der Waals surface area contributed by atoms with Gasteiger partial charge in [-0.3, -0.25) is 4.79 Å². The second-order valence-corrected chi connectivity index (χ2v) is 7.06. The molecule has 5 nitrogen and oxygen atoms in total. The molecule has 7 heteroatoms. The van der Waals surface area contributed by atoms with Crippen LogP contribution in [0.3, 0.4) is 0 Å². The van der Waals surface area contributed by atoms with Gasteiger partial charge in [0.1, 0.15) is 5.82 Å². The van der Waals surface area contributed by atoms with E-state index in [0.29, 0.717) is 23.4 Å². The Morgan fingerprint density at radius 3 is 2.48 bits per heavy atom. The van der Waals surface area contributed by atoms with E-state index in [1.165, 1.54) is 16.7 Å². The molecule has 0 unspecified atom stereocenters. The van der Waals surface area contributed by atoms with Gasteiger partial charge in [-0.2, -0.15) is 9.97 Å². The van der Waals surface area contributed by atoms with Crippen molar-refractivity contribution >= 4 is 0 Å². The summed E-state index contributed by atoms with van der Waals surface area (Å²) in [7, 11) is 1.65. The van der Waals surface area contributed by atoms with Crippen LogP contribution in [-0.2, 0) is 19.9 Å². The van der Waals surface area contributed by atoms with E-state index in [0.717, 1.165) is 24.1 Å². The van der Waals surface area contributed by atoms with Crippen molar-refractivity contribution in [3.05, 3.63) is 106 Å². The first-order valence-electron chi connectivity index (χ1n) is 9.70. The van der Waals surface area contributed by atoms with E-state index in [4.69, 9.17) is 4.74 Å². The Bertz CT molecular complexity index is 1270. The van der Waals surface area contributed by atoms with Crippen LogP contribution in [0.1, 0.15) is 11.3 Å². The zero-order chi connectivity index (χ0) is 21.8. The normalized spacial score (nSPS) is 10.8. The van der Waals surface area contributed by atoms with Crippen molar-refractivity contribution in [1.82, 2.24) is 14.5 Å². The van der Waals surface area contributed by atoms with E-state index in [9.17, 15) is 13.6 Å². The van der Waals surface area contributed by atoms with Crippen molar-refractivity contribution < 1.29 is 13.5 Å². The fraction of sp³-hybridized carbons (Fsp3) is 0.125. The zero-order valence-electron chi connectivity index (χ0n) is 16.8. The van der Waals surface area contributed by atoms with Crippen molar-refractivity contribution in [2.75, 3.05) is 0 Å². The number of pyridine rings is 1. The Kier molecular flexibility index (Phi) is 5.84. The molecule has 0 saturated heterocycles. The van der Waals surface area contributed by atoms with Gasteiger partial charge in [0.2, 0.25) is 5.56 Å². The molecule has 0 atom stereocenters. The summed E-state index contributed by atoms with van der Waals surface area (Å²) in [4.78, 5) is 20.5. The van der Waals surface area contributed by atoms with Gasteiger partial charge < -0.3 is 9.30 Å². The van der Waals surface area contributed by atoms with Gasteiger partial charge in [-0.25, -0.2) is 8.78 Å². The average Bonchev–Trinajstić information content (AvgIpc) is 2.77. The first-order valence-corrected chi connectivity index (χ1v) is 9.70. The highest BCUT2D eigenvalue weighted by molar-refractivity contribution is 5.58. The van der Waals surface area contributed by atoms with Crippen molar-refractivity contribution in [2.45, 2.75) is 12.8 Å². The lowest BCUT2D eigenvalue weighted by atomic mass is 10.1. The van der Waals surface area contributed by atoms with Crippen LogP contribution in [0.5, 0.6) is 11.8 Å². The zero-order valence-corrected chi connectivity index (χ0v) is 16.8. The fourth-order valence-corrected chi connectivity index (χ4v) is 3.11. The quantitative estimate of drug-likeness (QED) is 0.455. The lowest BCUT2D eigenvalue weighted by Crippen LogP contribution is -2.14. The number of halogens is 2. The van der Waals surface area contributed by atoms with Crippen LogP contribution in [0.2, 0.25) is 0 Å². The molecule has 2 aromatic carbocycles. The Labute approximate surface area is 177 Å². The predicted octanol–water partition coefficient (Wildman–Crippen LogP) is 4.70. The minimum absolute atomic E-state index is 0.0556. The Hall–Kier alpha value is -3.87. The van der Waals surface area contributed by atoms with Gasteiger partial charge in [0.05, 0.1) is 5.69 Å². The van der Waals surface area contributed by atoms with Crippen molar-refractivity contribution in [1.29, 1.82) is 0 Å². The smallest absolute Gasteiger partial charge is 0.322 e. The maximum Gasteiger partial charge on any atom is 0.322 e. The third-order valence-corrected chi connectivity index (χ3v) is 4.75. The van der Waals surface area contributed by atoms with Crippen LogP contribution in [0.25, 0.3) is 11.3 Å². The van der Waals surface area contributed by atoms with Gasteiger partial charge in [-0.05, 0) is 42.7 Å². The number of hydrogen-bond acceptors (Lipinski definition) is 4. The number of benzene rings is 2. The topological polar surface area (TPSA) is 57.0 Å². The molecule has 0 bridgehead atoms. The molecule has 4 rings (SSSR count). The predicted molar refractivity (Wildman–Crippen MR) is 113 cm³/mol. The van der Waals surface area contributed by atoms with E-state index in [-0.39, 0.29) is 17.3 Å². The second kappa shape index (κ2) is 8.87. The molecule has 31 heavy (non-hydrogen) atoms. The number of hydrogen-bond donors (Lipinski definition) is 0. The molecule has 0 aliphatic rings. The van der Waals surface area contributed by atoms with Gasteiger partial charge >= 0.3 is 6.01 Å². The van der Waals surface area contributed by atoms with E-state index >= 15 is 0 Å². The lowest BCUT2D eigenvalue weighted by molar-refractivity contribution is 0.406. The van der Waals surface area contributed by atoms with Crippen LogP contribution in [-0.4, -0.2) is 14.5 Å². The standard InChI is InChI=1S/C24H19F2N3O2/c1-29-15-17(8-12-23(29)30)21-14-19(10-7-16-5-3-2-4-6-16)27-24(28-21)31-22-11-9-18(25)13-20(22)26/h2-6,8-9,11-15H,7,10H2,1H3. The highest BCUT2D eigenvalue weighted by Gasteiger charge is 2.13. The molecule has 156 valence electrons. The number of aryl methyl sites for hydroxylation is 3. The third kappa shape index (κ3) is 5.01. The molecule has 2 heterocycles. The van der Waals surface area contributed by atoms with Crippen LogP contribution in [0, 0.1) is 11.6 Å². The summed E-state index contributed by atoms with van der Waals surface area (Å²) >= 11 is 0. The maximum atomic E-state index is 14.1. The summed E-state index contributed by atoms with van der Waals surface area (Å²) in [5.74, 6) is -1.72. The molecule has 0 radical (unpaired) electrons. The van der Waals surface area contributed by atoms with Crippen molar-refractivity contribution in [3.63, 3.8) is 0 Å². The fourth-order valence-electron chi connectivity index (χ4n) is 3.11. The lowest BCUT2D eigenvalue weighted by Gasteiger charge is -2.11. The number of aromatic nitrogens is 3. The summed E-state index contributed by atoms with van der Waals surface area (Å²) in [6.07, 6.45) is 3.01. The maximum absolute atomic E-state index is 14.1. The third-order valence-electron chi connectivity index (χ3n) is 4.75. The largest absolute Gasteiger partial charge is 0.421 e. The highest BCUT2D eigenvalue weighted by atomic mass is 19.1. The van der Waals surface area contributed by atoms with Crippen LogP contribution < -0.4 is 10.3 Å². The summed E-state index contributed by atoms with van der Waals surface area (Å²) in [5.41, 5.74) is 2.92. The first kappa shape index (κ1) is 20.4. The highest BCUT2D eigenvalue weighted by Crippen LogP contribution is 2.26. The Morgan fingerprint density at radius 1 is 0.935 bits per heavy atom. The summed E-state index contributed by atoms with van der Waals surface area (Å²) in [6, 6.07) is 17.8. The van der Waals surface area contributed by atoms with E-state index in [1.807, 2.05) is 36.4 Å². The molecule has 0 aliphatic carbocycles. The van der Waals surface area contributed by atoms with Crippen LogP contribution >= 0.6 is 0 Å². The summed E-state index contributed by atoms with van der Waals surface area (Å²) < 4.78 is 34.3. The van der Waals surface area contributed by atoms with E-state index < -0.39 is 11.6 Å². The monoisotopic (exact) mass is 419 g/mol. The molecule has 0 fully saturated rings. The molecular weight excluding hydrogens is 400 g/mol. The van der Waals surface area contributed by atoms with Crippen molar-refractivity contribution in [2.24, 2.45) is 7.05 Å². The molecule has 0 aliphatic heterocycles. The summed E-state index contributed by atoms with van der Waals surface area (Å²) in [6.45, 7) is 0. The molecule has 4 aromatic rings. The SMILES string of the molecule is Cn1cc(-c2cc(CCc3ccccc3)nc(Oc3ccc(F)cc3F)n2)ccc1=O.